The number of hydrogen-bond donors (Lipinski definition) is 1. The van der Waals surface area contributed by atoms with Gasteiger partial charge < -0.3 is 14.5 Å². The Labute approximate surface area is 113 Å². The Bertz CT molecular complexity index is 508. The summed E-state index contributed by atoms with van der Waals surface area (Å²) in [5.74, 6) is 2.34. The van der Waals surface area contributed by atoms with E-state index in [1.165, 1.54) is 0 Å². The van der Waals surface area contributed by atoms with Crippen LogP contribution in [0.25, 0.3) is 11.3 Å². The second-order valence-electron chi connectivity index (χ2n) is 4.15. The zero-order valence-electron chi connectivity index (χ0n) is 11.5. The average molecular weight is 260 g/mol. The van der Waals surface area contributed by atoms with Crippen LogP contribution < -0.4 is 10.1 Å². The van der Waals surface area contributed by atoms with Gasteiger partial charge in [0.2, 0.25) is 0 Å². The Morgan fingerprint density at radius 2 is 2.11 bits per heavy atom. The second kappa shape index (κ2) is 6.95. The van der Waals surface area contributed by atoms with E-state index in [0.717, 1.165) is 42.5 Å². The molecule has 102 valence electrons. The molecule has 1 aromatic carbocycles. The number of rotatable bonds is 7. The molecule has 0 aliphatic rings. The van der Waals surface area contributed by atoms with Crippen molar-refractivity contribution in [3.05, 3.63) is 36.4 Å². The molecule has 0 saturated carbocycles. The number of oxazole rings is 1. The van der Waals surface area contributed by atoms with E-state index >= 15 is 0 Å². The van der Waals surface area contributed by atoms with Crippen LogP contribution >= 0.6 is 0 Å². The molecular weight excluding hydrogens is 240 g/mol. The van der Waals surface area contributed by atoms with Gasteiger partial charge in [-0.25, -0.2) is 4.98 Å². The highest BCUT2D eigenvalue weighted by Gasteiger charge is 2.10. The first-order valence-electron chi connectivity index (χ1n) is 6.72. The van der Waals surface area contributed by atoms with Gasteiger partial charge in [-0.1, -0.05) is 19.1 Å². The maximum Gasteiger partial charge on any atom is 0.196 e. The molecule has 0 radical (unpaired) electrons. The molecule has 0 aliphatic heterocycles. The van der Waals surface area contributed by atoms with Gasteiger partial charge in [-0.05, 0) is 25.6 Å². The lowest BCUT2D eigenvalue weighted by Crippen LogP contribution is -2.16. The average Bonchev–Trinajstić information content (AvgIpc) is 2.89. The smallest absolute Gasteiger partial charge is 0.196 e. The van der Waals surface area contributed by atoms with Crippen molar-refractivity contribution in [3.8, 4) is 17.1 Å². The lowest BCUT2D eigenvalue weighted by atomic mass is 10.1. The summed E-state index contributed by atoms with van der Waals surface area (Å²) >= 11 is 0. The van der Waals surface area contributed by atoms with E-state index in [-0.39, 0.29) is 0 Å². The highest BCUT2D eigenvalue weighted by atomic mass is 16.5. The van der Waals surface area contributed by atoms with Crippen LogP contribution in [0.4, 0.5) is 0 Å². The van der Waals surface area contributed by atoms with E-state index in [1.54, 1.807) is 6.20 Å². The molecule has 1 heterocycles. The van der Waals surface area contributed by atoms with Crippen LogP contribution in [0.2, 0.25) is 0 Å². The van der Waals surface area contributed by atoms with Gasteiger partial charge in [-0.2, -0.15) is 0 Å². The van der Waals surface area contributed by atoms with Crippen molar-refractivity contribution in [2.75, 3.05) is 19.7 Å². The van der Waals surface area contributed by atoms with Gasteiger partial charge in [0, 0.05) is 13.0 Å². The molecule has 19 heavy (non-hydrogen) atoms. The maximum atomic E-state index is 5.77. The molecule has 0 aliphatic carbocycles. The standard InChI is InChI=1S/C15H20N2O2/c1-3-16-10-9-15-17-11-14(19-15)12-7-5-6-8-13(12)18-4-2/h5-8,11,16H,3-4,9-10H2,1-2H3. The van der Waals surface area contributed by atoms with Gasteiger partial charge in [-0.3, -0.25) is 0 Å². The minimum absolute atomic E-state index is 0.637. The SMILES string of the molecule is CCNCCc1ncc(-c2ccccc2OCC)o1. The van der Waals surface area contributed by atoms with Gasteiger partial charge in [0.1, 0.15) is 5.75 Å². The molecule has 1 N–H and O–H groups in total. The van der Waals surface area contributed by atoms with Gasteiger partial charge in [0.25, 0.3) is 0 Å². The van der Waals surface area contributed by atoms with Crippen molar-refractivity contribution in [3.63, 3.8) is 0 Å². The minimum Gasteiger partial charge on any atom is -0.493 e. The van der Waals surface area contributed by atoms with E-state index in [1.807, 2.05) is 31.2 Å². The van der Waals surface area contributed by atoms with Crippen LogP contribution in [0.5, 0.6) is 5.75 Å². The number of nitrogens with zero attached hydrogens (tertiary/aromatic N) is 1. The molecular formula is C15H20N2O2. The van der Waals surface area contributed by atoms with E-state index in [9.17, 15) is 0 Å². The number of benzene rings is 1. The minimum atomic E-state index is 0.637. The monoisotopic (exact) mass is 260 g/mol. The lowest BCUT2D eigenvalue weighted by Gasteiger charge is -2.07. The van der Waals surface area contributed by atoms with Gasteiger partial charge in [0.05, 0.1) is 18.4 Å². The second-order valence-corrected chi connectivity index (χ2v) is 4.15. The van der Waals surface area contributed by atoms with Gasteiger partial charge in [-0.15, -0.1) is 0 Å². The quantitative estimate of drug-likeness (QED) is 0.778. The van der Waals surface area contributed by atoms with Crippen molar-refractivity contribution >= 4 is 0 Å². The Balaban J connectivity index is 2.13. The summed E-state index contributed by atoms with van der Waals surface area (Å²) in [6.07, 6.45) is 2.56. The van der Waals surface area contributed by atoms with E-state index in [0.29, 0.717) is 6.61 Å². The zero-order chi connectivity index (χ0) is 13.5. The summed E-state index contributed by atoms with van der Waals surface area (Å²) in [6, 6.07) is 7.86. The molecule has 2 aromatic rings. The van der Waals surface area contributed by atoms with Crippen molar-refractivity contribution in [2.24, 2.45) is 0 Å². The summed E-state index contributed by atoms with van der Waals surface area (Å²) in [7, 11) is 0. The van der Waals surface area contributed by atoms with E-state index in [4.69, 9.17) is 9.15 Å². The van der Waals surface area contributed by atoms with Crippen LogP contribution in [0, 0.1) is 0 Å². The summed E-state index contributed by atoms with van der Waals surface area (Å²) < 4.78 is 11.4. The summed E-state index contributed by atoms with van der Waals surface area (Å²) in [5, 5.41) is 3.25. The number of likely N-dealkylation sites (N-methyl/N-ethyl adjacent to an activating group) is 1. The molecule has 0 atom stereocenters. The summed E-state index contributed by atoms with van der Waals surface area (Å²) in [6.45, 7) is 6.53. The number of hydrogen-bond acceptors (Lipinski definition) is 4. The normalized spacial score (nSPS) is 10.6. The molecule has 0 fully saturated rings. The Kier molecular flexibility index (Phi) is 4.98. The predicted molar refractivity (Wildman–Crippen MR) is 75.4 cm³/mol. The fourth-order valence-electron chi connectivity index (χ4n) is 1.87. The van der Waals surface area contributed by atoms with Crippen LogP contribution in [0.1, 0.15) is 19.7 Å². The Morgan fingerprint density at radius 1 is 1.26 bits per heavy atom. The van der Waals surface area contributed by atoms with E-state index < -0.39 is 0 Å². The Morgan fingerprint density at radius 3 is 2.89 bits per heavy atom. The van der Waals surface area contributed by atoms with Crippen LogP contribution in [-0.2, 0) is 6.42 Å². The number of ether oxygens (including phenoxy) is 1. The first-order valence-corrected chi connectivity index (χ1v) is 6.72. The number of para-hydroxylation sites is 1. The lowest BCUT2D eigenvalue weighted by molar-refractivity contribution is 0.340. The topological polar surface area (TPSA) is 47.3 Å². The fourth-order valence-corrected chi connectivity index (χ4v) is 1.87. The maximum absolute atomic E-state index is 5.77. The third-order valence-corrected chi connectivity index (χ3v) is 2.77. The molecule has 0 amide bonds. The third kappa shape index (κ3) is 3.58. The number of nitrogens with one attached hydrogen (secondary N) is 1. The molecule has 0 bridgehead atoms. The fraction of sp³-hybridized carbons (Fsp3) is 0.400. The zero-order valence-corrected chi connectivity index (χ0v) is 11.5. The summed E-state index contributed by atoms with van der Waals surface area (Å²) in [5.41, 5.74) is 0.951. The van der Waals surface area contributed by atoms with Crippen molar-refractivity contribution in [1.82, 2.24) is 10.3 Å². The molecule has 4 heteroatoms. The van der Waals surface area contributed by atoms with Crippen molar-refractivity contribution in [1.29, 1.82) is 0 Å². The predicted octanol–water partition coefficient (Wildman–Crippen LogP) is 2.89. The largest absolute Gasteiger partial charge is 0.493 e. The summed E-state index contributed by atoms with van der Waals surface area (Å²) in [4.78, 5) is 4.30. The van der Waals surface area contributed by atoms with Crippen LogP contribution in [0.15, 0.2) is 34.9 Å². The molecule has 0 saturated heterocycles. The van der Waals surface area contributed by atoms with Crippen LogP contribution in [0.3, 0.4) is 0 Å². The molecule has 0 unspecified atom stereocenters. The highest BCUT2D eigenvalue weighted by molar-refractivity contribution is 5.64. The molecule has 1 aromatic heterocycles. The Hall–Kier alpha value is -1.81. The van der Waals surface area contributed by atoms with Gasteiger partial charge >= 0.3 is 0 Å². The first-order chi connectivity index (χ1) is 9.35. The first kappa shape index (κ1) is 13.6. The van der Waals surface area contributed by atoms with Gasteiger partial charge in [0.15, 0.2) is 11.7 Å². The third-order valence-electron chi connectivity index (χ3n) is 2.77. The molecule has 2 rings (SSSR count). The molecule has 0 spiro atoms. The van der Waals surface area contributed by atoms with Crippen molar-refractivity contribution in [2.45, 2.75) is 20.3 Å². The highest BCUT2D eigenvalue weighted by Crippen LogP contribution is 2.30. The molecule has 4 nitrogen and oxygen atoms in total. The van der Waals surface area contributed by atoms with Crippen LogP contribution in [-0.4, -0.2) is 24.7 Å². The number of aromatic nitrogens is 1. The van der Waals surface area contributed by atoms with E-state index in [2.05, 4.69) is 17.2 Å². The van der Waals surface area contributed by atoms with Crippen molar-refractivity contribution < 1.29 is 9.15 Å².